The fraction of sp³-hybridized carbons (Fsp3) is 0.250. The maximum absolute atomic E-state index is 12.4. The zero-order chi connectivity index (χ0) is 22.5. The SMILES string of the molecule is COc1ccc2cccc(CCN(CCc3cccc4ccc(OC)cc34)C(C)=O)c2c1. The Morgan fingerprint density at radius 2 is 1.19 bits per heavy atom. The maximum atomic E-state index is 12.4. The molecule has 0 radical (unpaired) electrons. The lowest BCUT2D eigenvalue weighted by atomic mass is 10.0. The van der Waals surface area contributed by atoms with E-state index in [1.54, 1.807) is 21.1 Å². The van der Waals surface area contributed by atoms with Gasteiger partial charge in [0.2, 0.25) is 5.91 Å². The van der Waals surface area contributed by atoms with Gasteiger partial charge in [0.1, 0.15) is 11.5 Å². The quantitative estimate of drug-likeness (QED) is 0.365. The number of carbonyl (C=O) groups is 1. The van der Waals surface area contributed by atoms with Crippen molar-refractivity contribution in [2.75, 3.05) is 27.3 Å². The van der Waals surface area contributed by atoms with Crippen molar-refractivity contribution in [1.29, 1.82) is 0 Å². The van der Waals surface area contributed by atoms with Crippen LogP contribution in [0.5, 0.6) is 11.5 Å². The number of methoxy groups -OCH3 is 2. The van der Waals surface area contributed by atoms with E-state index in [1.807, 2.05) is 17.0 Å². The molecule has 0 aliphatic carbocycles. The minimum Gasteiger partial charge on any atom is -0.497 e. The van der Waals surface area contributed by atoms with Crippen LogP contribution >= 0.6 is 0 Å². The third-order valence-electron chi connectivity index (χ3n) is 6.11. The number of carbonyl (C=O) groups excluding carboxylic acids is 1. The zero-order valence-electron chi connectivity index (χ0n) is 18.9. The molecule has 4 rings (SSSR count). The monoisotopic (exact) mass is 427 g/mol. The first-order valence-electron chi connectivity index (χ1n) is 11.0. The largest absolute Gasteiger partial charge is 0.497 e. The Balaban J connectivity index is 1.51. The van der Waals surface area contributed by atoms with E-state index in [1.165, 1.54) is 32.7 Å². The summed E-state index contributed by atoms with van der Waals surface area (Å²) >= 11 is 0. The molecular formula is C28H29NO3. The Bertz CT molecular complexity index is 1160. The molecule has 0 saturated heterocycles. The van der Waals surface area contributed by atoms with Crippen LogP contribution in [0.4, 0.5) is 0 Å². The molecule has 0 spiro atoms. The highest BCUT2D eigenvalue weighted by atomic mass is 16.5. The molecule has 0 bridgehead atoms. The second-order valence-electron chi connectivity index (χ2n) is 8.01. The first-order valence-corrected chi connectivity index (χ1v) is 11.0. The summed E-state index contributed by atoms with van der Waals surface area (Å²) in [5.74, 6) is 1.79. The Morgan fingerprint density at radius 1 is 0.719 bits per heavy atom. The Hall–Kier alpha value is -3.53. The highest BCUT2D eigenvalue weighted by Gasteiger charge is 2.12. The molecule has 4 aromatic rings. The van der Waals surface area contributed by atoms with Crippen molar-refractivity contribution in [3.05, 3.63) is 83.9 Å². The van der Waals surface area contributed by atoms with Gasteiger partial charge in [0.15, 0.2) is 0 Å². The number of nitrogens with zero attached hydrogens (tertiary/aromatic N) is 1. The topological polar surface area (TPSA) is 38.8 Å². The number of benzene rings is 4. The first-order chi connectivity index (χ1) is 15.6. The predicted octanol–water partition coefficient (Wildman–Crippen LogP) is 5.64. The smallest absolute Gasteiger partial charge is 0.219 e. The summed E-state index contributed by atoms with van der Waals surface area (Å²) in [6, 6.07) is 24.9. The van der Waals surface area contributed by atoms with E-state index in [4.69, 9.17) is 9.47 Å². The summed E-state index contributed by atoms with van der Waals surface area (Å²) in [6.45, 7) is 3.01. The molecule has 32 heavy (non-hydrogen) atoms. The van der Waals surface area contributed by atoms with Crippen molar-refractivity contribution in [2.45, 2.75) is 19.8 Å². The van der Waals surface area contributed by atoms with Crippen LogP contribution in [0.25, 0.3) is 21.5 Å². The summed E-state index contributed by atoms with van der Waals surface area (Å²) < 4.78 is 10.8. The van der Waals surface area contributed by atoms with Crippen molar-refractivity contribution in [1.82, 2.24) is 4.90 Å². The van der Waals surface area contributed by atoms with Crippen LogP contribution in [-0.2, 0) is 17.6 Å². The number of ether oxygens (including phenoxy) is 2. The molecule has 0 atom stereocenters. The average Bonchev–Trinajstić information content (AvgIpc) is 2.83. The van der Waals surface area contributed by atoms with Crippen molar-refractivity contribution in [3.8, 4) is 11.5 Å². The van der Waals surface area contributed by atoms with E-state index in [0.717, 1.165) is 24.3 Å². The van der Waals surface area contributed by atoms with Gasteiger partial charge in [-0.3, -0.25) is 4.79 Å². The van der Waals surface area contributed by atoms with Gasteiger partial charge in [-0.05, 0) is 69.8 Å². The van der Waals surface area contributed by atoms with Crippen LogP contribution < -0.4 is 9.47 Å². The molecule has 0 N–H and O–H groups in total. The number of hydrogen-bond acceptors (Lipinski definition) is 3. The molecule has 0 fully saturated rings. The van der Waals surface area contributed by atoms with E-state index < -0.39 is 0 Å². The first kappa shape index (κ1) is 21.7. The lowest BCUT2D eigenvalue weighted by Crippen LogP contribution is -2.32. The van der Waals surface area contributed by atoms with Gasteiger partial charge < -0.3 is 14.4 Å². The lowest BCUT2D eigenvalue weighted by Gasteiger charge is -2.22. The van der Waals surface area contributed by atoms with E-state index >= 15 is 0 Å². The standard InChI is InChI=1S/C28H29NO3/c1-20(30)29(16-14-23-8-4-6-21-10-12-25(31-2)18-27(21)23)17-15-24-9-5-7-22-11-13-26(32-3)19-28(22)24/h4-13,18-19H,14-17H2,1-3H3. The van der Waals surface area contributed by atoms with Gasteiger partial charge in [-0.25, -0.2) is 0 Å². The molecule has 164 valence electrons. The molecule has 0 aliphatic rings. The molecule has 4 heteroatoms. The zero-order valence-corrected chi connectivity index (χ0v) is 18.9. The minimum atomic E-state index is 0.0978. The van der Waals surface area contributed by atoms with Crippen molar-refractivity contribution in [3.63, 3.8) is 0 Å². The molecule has 0 heterocycles. The van der Waals surface area contributed by atoms with Gasteiger partial charge in [0, 0.05) is 20.0 Å². The summed E-state index contributed by atoms with van der Waals surface area (Å²) in [5, 5.41) is 4.72. The van der Waals surface area contributed by atoms with Crippen LogP contribution in [0.3, 0.4) is 0 Å². The van der Waals surface area contributed by atoms with Crippen LogP contribution in [-0.4, -0.2) is 38.1 Å². The highest BCUT2D eigenvalue weighted by molar-refractivity contribution is 5.88. The van der Waals surface area contributed by atoms with E-state index in [9.17, 15) is 4.79 Å². The van der Waals surface area contributed by atoms with Crippen LogP contribution in [0.1, 0.15) is 18.1 Å². The van der Waals surface area contributed by atoms with Gasteiger partial charge in [-0.2, -0.15) is 0 Å². The summed E-state index contributed by atoms with van der Waals surface area (Å²) in [7, 11) is 3.37. The number of amides is 1. The minimum absolute atomic E-state index is 0.0978. The normalized spacial score (nSPS) is 11.0. The van der Waals surface area contributed by atoms with E-state index in [-0.39, 0.29) is 5.91 Å². The third kappa shape index (κ3) is 4.70. The summed E-state index contributed by atoms with van der Waals surface area (Å²) in [6.07, 6.45) is 1.60. The molecule has 4 aromatic carbocycles. The average molecular weight is 428 g/mol. The van der Waals surface area contributed by atoms with Crippen molar-refractivity contribution in [2.24, 2.45) is 0 Å². The second kappa shape index (κ2) is 9.73. The fourth-order valence-electron chi connectivity index (χ4n) is 4.26. The van der Waals surface area contributed by atoms with Crippen LogP contribution in [0.2, 0.25) is 0 Å². The molecule has 0 aromatic heterocycles. The van der Waals surface area contributed by atoms with Gasteiger partial charge in [0.25, 0.3) is 0 Å². The number of rotatable bonds is 8. The predicted molar refractivity (Wildman–Crippen MR) is 131 cm³/mol. The number of fused-ring (bicyclic) bond motifs is 2. The molecule has 4 nitrogen and oxygen atoms in total. The molecular weight excluding hydrogens is 398 g/mol. The lowest BCUT2D eigenvalue weighted by molar-refractivity contribution is -0.128. The van der Waals surface area contributed by atoms with Gasteiger partial charge >= 0.3 is 0 Å². The number of hydrogen-bond donors (Lipinski definition) is 0. The van der Waals surface area contributed by atoms with Gasteiger partial charge in [-0.1, -0.05) is 48.5 Å². The van der Waals surface area contributed by atoms with Crippen molar-refractivity contribution >= 4 is 27.5 Å². The van der Waals surface area contributed by atoms with Crippen LogP contribution in [0, 0.1) is 0 Å². The molecule has 0 unspecified atom stereocenters. The summed E-state index contributed by atoms with van der Waals surface area (Å²) in [5.41, 5.74) is 2.45. The Morgan fingerprint density at radius 3 is 1.59 bits per heavy atom. The Labute approximate surface area is 189 Å². The van der Waals surface area contributed by atoms with E-state index in [2.05, 4.69) is 60.7 Å². The van der Waals surface area contributed by atoms with Crippen LogP contribution in [0.15, 0.2) is 72.8 Å². The van der Waals surface area contributed by atoms with Gasteiger partial charge in [0.05, 0.1) is 14.2 Å². The molecule has 0 saturated carbocycles. The van der Waals surface area contributed by atoms with E-state index in [0.29, 0.717) is 13.1 Å². The second-order valence-corrected chi connectivity index (χ2v) is 8.01. The highest BCUT2D eigenvalue weighted by Crippen LogP contribution is 2.26. The fourth-order valence-corrected chi connectivity index (χ4v) is 4.26. The third-order valence-corrected chi connectivity index (χ3v) is 6.11. The maximum Gasteiger partial charge on any atom is 0.219 e. The van der Waals surface area contributed by atoms with Gasteiger partial charge in [-0.15, -0.1) is 0 Å². The summed E-state index contributed by atoms with van der Waals surface area (Å²) in [4.78, 5) is 14.3. The molecule has 1 amide bonds. The van der Waals surface area contributed by atoms with Crippen molar-refractivity contribution < 1.29 is 14.3 Å². The molecule has 0 aliphatic heterocycles. The Kier molecular flexibility index (Phi) is 6.60.